The lowest BCUT2D eigenvalue weighted by Crippen LogP contribution is -2.40. The van der Waals surface area contributed by atoms with Crippen LogP contribution in [-0.4, -0.2) is 19.2 Å². The third-order valence-electron chi connectivity index (χ3n) is 4.44. The smallest absolute Gasteiger partial charge is 0.119 e. The normalized spacial score (nSPS) is 18.1. The van der Waals surface area contributed by atoms with Crippen LogP contribution < -0.4 is 10.1 Å². The van der Waals surface area contributed by atoms with Crippen LogP contribution >= 0.6 is 0 Å². The molecule has 0 aliphatic heterocycles. The van der Waals surface area contributed by atoms with E-state index < -0.39 is 0 Å². The molecule has 0 bridgehead atoms. The van der Waals surface area contributed by atoms with Crippen LogP contribution in [0.25, 0.3) is 0 Å². The predicted molar refractivity (Wildman–Crippen MR) is 85.2 cm³/mol. The van der Waals surface area contributed by atoms with Crippen molar-refractivity contribution in [3.63, 3.8) is 0 Å². The summed E-state index contributed by atoms with van der Waals surface area (Å²) in [7, 11) is 0. The van der Waals surface area contributed by atoms with E-state index in [2.05, 4.69) is 19.2 Å². The van der Waals surface area contributed by atoms with E-state index >= 15 is 0 Å². The molecule has 0 atom stereocenters. The van der Waals surface area contributed by atoms with E-state index in [1.165, 1.54) is 38.5 Å². The van der Waals surface area contributed by atoms with Gasteiger partial charge in [0.15, 0.2) is 0 Å². The lowest BCUT2D eigenvalue weighted by atomic mass is 9.72. The number of hydrogen-bond acceptors (Lipinski definition) is 2. The zero-order valence-electron chi connectivity index (χ0n) is 13.0. The molecule has 0 spiro atoms. The Morgan fingerprint density at radius 2 is 1.80 bits per heavy atom. The van der Waals surface area contributed by atoms with E-state index in [1.807, 2.05) is 30.3 Å². The molecular weight excluding hydrogens is 246 g/mol. The highest BCUT2D eigenvalue weighted by atomic mass is 16.5. The lowest BCUT2D eigenvalue weighted by Gasteiger charge is -2.38. The molecule has 0 saturated heterocycles. The van der Waals surface area contributed by atoms with Crippen molar-refractivity contribution in [3.05, 3.63) is 30.3 Å². The molecule has 0 unspecified atom stereocenters. The molecule has 0 aromatic heterocycles. The van der Waals surface area contributed by atoms with Crippen LogP contribution in [0.2, 0.25) is 0 Å². The molecule has 2 rings (SSSR count). The first-order valence-corrected chi connectivity index (χ1v) is 8.11. The van der Waals surface area contributed by atoms with Crippen LogP contribution in [0, 0.1) is 5.41 Å². The second-order valence-electron chi connectivity index (χ2n) is 6.51. The fraction of sp³-hybridized carbons (Fsp3) is 0.667. The Labute approximate surface area is 123 Å². The topological polar surface area (TPSA) is 21.3 Å². The molecule has 20 heavy (non-hydrogen) atoms. The van der Waals surface area contributed by atoms with Crippen LogP contribution in [-0.2, 0) is 0 Å². The van der Waals surface area contributed by atoms with Gasteiger partial charge in [-0.3, -0.25) is 0 Å². The molecule has 0 amide bonds. The number of benzene rings is 1. The van der Waals surface area contributed by atoms with Crippen LogP contribution in [0.1, 0.15) is 52.4 Å². The van der Waals surface area contributed by atoms with Gasteiger partial charge in [0.2, 0.25) is 0 Å². The van der Waals surface area contributed by atoms with Crippen LogP contribution in [0.4, 0.5) is 0 Å². The number of hydrogen-bond donors (Lipinski definition) is 1. The molecule has 1 aliphatic rings. The summed E-state index contributed by atoms with van der Waals surface area (Å²) >= 11 is 0. The van der Waals surface area contributed by atoms with E-state index in [0.717, 1.165) is 18.9 Å². The molecule has 1 N–H and O–H groups in total. The van der Waals surface area contributed by atoms with Gasteiger partial charge >= 0.3 is 0 Å². The Balaban J connectivity index is 1.84. The number of ether oxygens (including phenoxy) is 1. The molecule has 1 saturated carbocycles. The van der Waals surface area contributed by atoms with Gasteiger partial charge in [0.25, 0.3) is 0 Å². The second kappa shape index (κ2) is 7.68. The standard InChI is InChI=1S/C18H29NO/c1-16(2)19-15-18(11-7-4-8-12-18)13-14-20-17-9-5-3-6-10-17/h3,5-6,9-10,16,19H,4,7-8,11-15H2,1-2H3. The van der Waals surface area contributed by atoms with Crippen molar-refractivity contribution in [1.82, 2.24) is 5.32 Å². The van der Waals surface area contributed by atoms with Crippen molar-refractivity contribution >= 4 is 0 Å². The van der Waals surface area contributed by atoms with Crippen molar-refractivity contribution < 1.29 is 4.74 Å². The molecule has 0 heterocycles. The van der Waals surface area contributed by atoms with E-state index in [0.29, 0.717) is 11.5 Å². The van der Waals surface area contributed by atoms with Crippen molar-refractivity contribution in [2.75, 3.05) is 13.2 Å². The van der Waals surface area contributed by atoms with Crippen molar-refractivity contribution in [3.8, 4) is 5.75 Å². The number of rotatable bonds is 7. The van der Waals surface area contributed by atoms with Crippen LogP contribution in [0.15, 0.2) is 30.3 Å². The first-order chi connectivity index (χ1) is 9.70. The highest BCUT2D eigenvalue weighted by molar-refractivity contribution is 5.20. The van der Waals surface area contributed by atoms with Gasteiger partial charge in [-0.1, -0.05) is 51.3 Å². The summed E-state index contributed by atoms with van der Waals surface area (Å²) in [5.74, 6) is 0.996. The summed E-state index contributed by atoms with van der Waals surface area (Å²) in [5.41, 5.74) is 0.456. The van der Waals surface area contributed by atoms with Gasteiger partial charge < -0.3 is 10.1 Å². The molecule has 0 radical (unpaired) electrons. The highest BCUT2D eigenvalue weighted by Gasteiger charge is 2.31. The minimum absolute atomic E-state index is 0.456. The van der Waals surface area contributed by atoms with E-state index in [9.17, 15) is 0 Å². The van der Waals surface area contributed by atoms with Gasteiger partial charge in [-0.05, 0) is 36.8 Å². The lowest BCUT2D eigenvalue weighted by molar-refractivity contribution is 0.131. The Bertz CT molecular complexity index is 368. The second-order valence-corrected chi connectivity index (χ2v) is 6.51. The summed E-state index contributed by atoms with van der Waals surface area (Å²) in [6, 6.07) is 10.8. The fourth-order valence-electron chi connectivity index (χ4n) is 3.14. The third kappa shape index (κ3) is 4.82. The minimum Gasteiger partial charge on any atom is -0.494 e. The van der Waals surface area contributed by atoms with Gasteiger partial charge in [-0.2, -0.15) is 0 Å². The molecule has 1 aliphatic carbocycles. The zero-order valence-corrected chi connectivity index (χ0v) is 13.0. The van der Waals surface area contributed by atoms with Gasteiger partial charge in [0, 0.05) is 12.6 Å². The van der Waals surface area contributed by atoms with Crippen molar-refractivity contribution in [2.24, 2.45) is 5.41 Å². The quantitative estimate of drug-likeness (QED) is 0.796. The Morgan fingerprint density at radius 1 is 1.10 bits per heavy atom. The Morgan fingerprint density at radius 3 is 2.45 bits per heavy atom. The first kappa shape index (κ1) is 15.4. The third-order valence-corrected chi connectivity index (χ3v) is 4.44. The molecule has 2 heteroatoms. The summed E-state index contributed by atoms with van der Waals surface area (Å²) in [6.07, 6.45) is 8.04. The molecule has 1 aromatic rings. The largest absolute Gasteiger partial charge is 0.494 e. The van der Waals surface area contributed by atoms with Gasteiger partial charge in [0.05, 0.1) is 6.61 Å². The average Bonchev–Trinajstić information content (AvgIpc) is 2.47. The number of nitrogens with one attached hydrogen (secondary N) is 1. The van der Waals surface area contributed by atoms with E-state index in [1.54, 1.807) is 0 Å². The molecule has 1 fully saturated rings. The Kier molecular flexibility index (Phi) is 5.90. The summed E-state index contributed by atoms with van der Waals surface area (Å²) in [5, 5.41) is 3.65. The van der Waals surface area contributed by atoms with Crippen LogP contribution in [0.5, 0.6) is 5.75 Å². The summed E-state index contributed by atoms with van der Waals surface area (Å²) in [4.78, 5) is 0. The predicted octanol–water partition coefficient (Wildman–Crippen LogP) is 4.40. The summed E-state index contributed by atoms with van der Waals surface area (Å²) in [6.45, 7) is 6.45. The fourth-order valence-corrected chi connectivity index (χ4v) is 3.14. The summed E-state index contributed by atoms with van der Waals surface area (Å²) < 4.78 is 5.91. The maximum atomic E-state index is 5.91. The average molecular weight is 275 g/mol. The van der Waals surface area contributed by atoms with Crippen LogP contribution in [0.3, 0.4) is 0 Å². The Hall–Kier alpha value is -1.02. The SMILES string of the molecule is CC(C)NCC1(CCOc2ccccc2)CCCCC1. The van der Waals surface area contributed by atoms with Gasteiger partial charge in [0.1, 0.15) is 5.75 Å². The maximum absolute atomic E-state index is 5.91. The minimum atomic E-state index is 0.456. The van der Waals surface area contributed by atoms with Gasteiger partial charge in [-0.15, -0.1) is 0 Å². The maximum Gasteiger partial charge on any atom is 0.119 e. The van der Waals surface area contributed by atoms with E-state index in [-0.39, 0.29) is 0 Å². The van der Waals surface area contributed by atoms with E-state index in [4.69, 9.17) is 4.74 Å². The molecule has 1 aromatic carbocycles. The monoisotopic (exact) mass is 275 g/mol. The number of para-hydroxylation sites is 1. The zero-order chi connectivity index (χ0) is 14.3. The van der Waals surface area contributed by atoms with Gasteiger partial charge in [-0.25, -0.2) is 0 Å². The van der Waals surface area contributed by atoms with Crippen molar-refractivity contribution in [1.29, 1.82) is 0 Å². The molecular formula is C18H29NO. The molecule has 2 nitrogen and oxygen atoms in total. The highest BCUT2D eigenvalue weighted by Crippen LogP contribution is 2.39. The molecule has 112 valence electrons. The van der Waals surface area contributed by atoms with Crippen molar-refractivity contribution in [2.45, 2.75) is 58.4 Å². The first-order valence-electron chi connectivity index (χ1n) is 8.11.